The van der Waals surface area contributed by atoms with E-state index in [1.165, 1.54) is 0 Å². The molecule has 6 heteroatoms. The van der Waals surface area contributed by atoms with Crippen molar-refractivity contribution in [3.63, 3.8) is 0 Å². The number of para-hydroxylation sites is 1. The van der Waals surface area contributed by atoms with Crippen LogP contribution in [0.15, 0.2) is 24.3 Å². The Morgan fingerprint density at radius 2 is 1.75 bits per heavy atom. The average Bonchev–Trinajstić information content (AvgIpc) is 3.41. The molecule has 28 heavy (non-hydrogen) atoms. The van der Waals surface area contributed by atoms with Crippen LogP contribution in [0.3, 0.4) is 0 Å². The van der Waals surface area contributed by atoms with Crippen LogP contribution in [0.4, 0.5) is 0 Å². The second kappa shape index (κ2) is 7.74. The Bertz CT molecular complexity index is 736. The van der Waals surface area contributed by atoms with Crippen LogP contribution in [0.5, 0.6) is 5.75 Å². The van der Waals surface area contributed by atoms with Crippen LogP contribution < -0.4 is 10.1 Å². The number of hydrogen-bond acceptors (Lipinski definition) is 4. The molecule has 2 atom stereocenters. The van der Waals surface area contributed by atoms with Gasteiger partial charge in [0.15, 0.2) is 6.10 Å². The molecule has 1 N–H and O–H groups in total. The highest BCUT2D eigenvalue weighted by atomic mass is 16.5. The van der Waals surface area contributed by atoms with Gasteiger partial charge in [-0.2, -0.15) is 0 Å². The van der Waals surface area contributed by atoms with Crippen molar-refractivity contribution < 1.29 is 14.3 Å². The number of piperazine rings is 1. The minimum atomic E-state index is -0.523. The lowest BCUT2D eigenvalue weighted by molar-refractivity contribution is -0.144. The highest BCUT2D eigenvalue weighted by molar-refractivity contribution is 5.84. The van der Waals surface area contributed by atoms with Crippen molar-refractivity contribution in [3.05, 3.63) is 29.8 Å². The van der Waals surface area contributed by atoms with Crippen molar-refractivity contribution in [1.29, 1.82) is 0 Å². The van der Waals surface area contributed by atoms with Gasteiger partial charge < -0.3 is 19.9 Å². The number of ether oxygens (including phenoxy) is 1. The van der Waals surface area contributed by atoms with Crippen LogP contribution in [-0.2, 0) is 9.59 Å². The quantitative estimate of drug-likeness (QED) is 0.859. The first-order chi connectivity index (χ1) is 13.5. The summed E-state index contributed by atoms with van der Waals surface area (Å²) in [5.74, 6) is 1.26. The van der Waals surface area contributed by atoms with Crippen LogP contribution in [0.1, 0.15) is 31.7 Å². The van der Waals surface area contributed by atoms with E-state index in [9.17, 15) is 9.59 Å². The minimum absolute atomic E-state index is 0.00315. The summed E-state index contributed by atoms with van der Waals surface area (Å²) in [6.45, 7) is 8.29. The van der Waals surface area contributed by atoms with Crippen molar-refractivity contribution >= 4 is 11.8 Å². The normalized spacial score (nSPS) is 24.7. The topological polar surface area (TPSA) is 61.9 Å². The fourth-order valence-corrected chi connectivity index (χ4v) is 4.73. The number of aryl methyl sites for hydroxylation is 1. The Labute approximate surface area is 167 Å². The number of carbonyl (C=O) groups excluding carboxylic acids is 2. The molecule has 1 aliphatic carbocycles. The van der Waals surface area contributed by atoms with Crippen LogP contribution in [0.25, 0.3) is 0 Å². The van der Waals surface area contributed by atoms with E-state index in [1.807, 2.05) is 41.0 Å². The molecule has 1 aromatic carbocycles. The van der Waals surface area contributed by atoms with Crippen LogP contribution >= 0.6 is 0 Å². The van der Waals surface area contributed by atoms with Crippen molar-refractivity contribution in [2.45, 2.75) is 39.2 Å². The first kappa shape index (κ1) is 19.2. The highest BCUT2D eigenvalue weighted by Gasteiger charge is 2.58. The monoisotopic (exact) mass is 385 g/mol. The van der Waals surface area contributed by atoms with E-state index in [-0.39, 0.29) is 17.2 Å². The van der Waals surface area contributed by atoms with Crippen molar-refractivity contribution in [3.8, 4) is 5.75 Å². The predicted molar refractivity (Wildman–Crippen MR) is 107 cm³/mol. The van der Waals surface area contributed by atoms with E-state index in [0.29, 0.717) is 32.1 Å². The Balaban J connectivity index is 1.27. The van der Waals surface area contributed by atoms with Gasteiger partial charge in [-0.1, -0.05) is 18.2 Å². The molecular formula is C22H31N3O3. The van der Waals surface area contributed by atoms with E-state index < -0.39 is 6.10 Å². The maximum absolute atomic E-state index is 12.9. The van der Waals surface area contributed by atoms with Gasteiger partial charge in [-0.15, -0.1) is 0 Å². The molecule has 2 heterocycles. The van der Waals surface area contributed by atoms with E-state index >= 15 is 0 Å². The first-order valence-electron chi connectivity index (χ1n) is 10.5. The van der Waals surface area contributed by atoms with E-state index in [1.54, 1.807) is 6.92 Å². The van der Waals surface area contributed by atoms with Crippen LogP contribution in [0, 0.1) is 18.3 Å². The molecule has 3 aliphatic rings. The summed E-state index contributed by atoms with van der Waals surface area (Å²) < 4.78 is 5.88. The first-order valence-corrected chi connectivity index (χ1v) is 10.5. The summed E-state index contributed by atoms with van der Waals surface area (Å²) in [7, 11) is 0. The van der Waals surface area contributed by atoms with Crippen molar-refractivity contribution in [2.24, 2.45) is 11.3 Å². The van der Waals surface area contributed by atoms with Gasteiger partial charge >= 0.3 is 0 Å². The Hall–Kier alpha value is -2.08. The van der Waals surface area contributed by atoms with Crippen LogP contribution in [0.2, 0.25) is 0 Å². The molecule has 2 saturated heterocycles. The molecule has 1 aromatic rings. The third-order valence-corrected chi connectivity index (χ3v) is 6.74. The van der Waals surface area contributed by atoms with E-state index in [0.717, 1.165) is 43.7 Å². The molecule has 3 fully saturated rings. The summed E-state index contributed by atoms with van der Waals surface area (Å²) in [5.41, 5.74) is 1.29. The number of carbonyl (C=O) groups is 2. The number of nitrogens with zero attached hydrogens (tertiary/aromatic N) is 2. The standard InChI is InChI=1S/C22H31N3O3/c1-16-5-3-4-6-19(16)28-17(2)20(26)24-11-13-25(14-12-24)21(27)18-15-22(18)7-9-23-10-8-22/h3-6,17-18,23H,7-15H2,1-2H3. The fraction of sp³-hybridized carbons (Fsp3) is 0.636. The summed E-state index contributed by atoms with van der Waals surface area (Å²) in [6.07, 6.45) is 2.77. The van der Waals surface area contributed by atoms with Crippen LogP contribution in [-0.4, -0.2) is 67.0 Å². The summed E-state index contributed by atoms with van der Waals surface area (Å²) >= 11 is 0. The zero-order valence-electron chi connectivity index (χ0n) is 16.9. The van der Waals surface area contributed by atoms with Gasteiger partial charge in [0.2, 0.25) is 5.91 Å². The number of amides is 2. The lowest BCUT2D eigenvalue weighted by Crippen LogP contribution is -2.53. The van der Waals surface area contributed by atoms with Gasteiger partial charge in [0.1, 0.15) is 5.75 Å². The molecule has 0 radical (unpaired) electrons. The lowest BCUT2D eigenvalue weighted by atomic mass is 9.91. The second-order valence-corrected chi connectivity index (χ2v) is 8.55. The number of piperidine rings is 1. The maximum Gasteiger partial charge on any atom is 0.263 e. The molecule has 0 bridgehead atoms. The average molecular weight is 386 g/mol. The Morgan fingerprint density at radius 3 is 2.43 bits per heavy atom. The Morgan fingerprint density at radius 1 is 1.11 bits per heavy atom. The number of hydrogen-bond donors (Lipinski definition) is 1. The zero-order chi connectivity index (χ0) is 19.7. The molecule has 2 unspecified atom stereocenters. The SMILES string of the molecule is Cc1ccccc1OC(C)C(=O)N1CCN(C(=O)C2CC23CCNCC3)CC1. The van der Waals surface area contributed by atoms with Gasteiger partial charge in [0.25, 0.3) is 5.91 Å². The van der Waals surface area contributed by atoms with Gasteiger partial charge in [-0.3, -0.25) is 9.59 Å². The summed E-state index contributed by atoms with van der Waals surface area (Å²) in [6, 6.07) is 7.74. The van der Waals surface area contributed by atoms with Crippen molar-refractivity contribution in [2.75, 3.05) is 39.3 Å². The minimum Gasteiger partial charge on any atom is -0.481 e. The third-order valence-electron chi connectivity index (χ3n) is 6.74. The fourth-order valence-electron chi connectivity index (χ4n) is 4.73. The van der Waals surface area contributed by atoms with Gasteiger partial charge in [0, 0.05) is 32.1 Å². The van der Waals surface area contributed by atoms with E-state index in [4.69, 9.17) is 4.74 Å². The largest absolute Gasteiger partial charge is 0.481 e. The van der Waals surface area contributed by atoms with Gasteiger partial charge in [-0.25, -0.2) is 0 Å². The molecule has 6 nitrogen and oxygen atoms in total. The van der Waals surface area contributed by atoms with Gasteiger partial charge in [-0.05, 0) is 63.2 Å². The molecule has 0 aromatic heterocycles. The number of rotatable bonds is 4. The lowest BCUT2D eigenvalue weighted by Gasteiger charge is -2.36. The van der Waals surface area contributed by atoms with Crippen molar-refractivity contribution in [1.82, 2.24) is 15.1 Å². The van der Waals surface area contributed by atoms with Gasteiger partial charge in [0.05, 0.1) is 0 Å². The predicted octanol–water partition coefficient (Wildman–Crippen LogP) is 1.82. The molecule has 1 saturated carbocycles. The summed E-state index contributed by atoms with van der Waals surface area (Å²) in [5, 5.41) is 3.39. The second-order valence-electron chi connectivity index (χ2n) is 8.55. The highest BCUT2D eigenvalue weighted by Crippen LogP contribution is 2.59. The Kier molecular flexibility index (Phi) is 5.32. The molecule has 4 rings (SSSR count). The molecule has 1 spiro atoms. The summed E-state index contributed by atoms with van der Waals surface area (Å²) in [4.78, 5) is 29.5. The molecule has 2 amide bonds. The smallest absolute Gasteiger partial charge is 0.263 e. The molecular weight excluding hydrogens is 354 g/mol. The van der Waals surface area contributed by atoms with E-state index in [2.05, 4.69) is 5.32 Å². The maximum atomic E-state index is 12.9. The zero-order valence-corrected chi connectivity index (χ0v) is 16.9. The molecule has 2 aliphatic heterocycles. The molecule has 152 valence electrons. The number of benzene rings is 1. The third kappa shape index (κ3) is 3.75. The number of nitrogens with one attached hydrogen (secondary N) is 1.